The number of hydrogen-bond donors (Lipinski definition) is 1. The number of nitrogens with zero attached hydrogens (tertiary/aromatic N) is 1. The number of amides is 2. The van der Waals surface area contributed by atoms with Gasteiger partial charge in [-0.05, 0) is 25.7 Å². The average Bonchev–Trinajstić information content (AvgIpc) is 2.48. The van der Waals surface area contributed by atoms with Crippen molar-refractivity contribution in [1.82, 2.24) is 10.2 Å². The van der Waals surface area contributed by atoms with Crippen LogP contribution in [0.2, 0.25) is 0 Å². The average molecular weight is 298 g/mol. The summed E-state index contributed by atoms with van der Waals surface area (Å²) in [7, 11) is 0. The van der Waals surface area contributed by atoms with Crippen LogP contribution in [0.15, 0.2) is 0 Å². The van der Waals surface area contributed by atoms with E-state index in [0.29, 0.717) is 31.9 Å². The van der Waals surface area contributed by atoms with E-state index >= 15 is 0 Å². The highest BCUT2D eigenvalue weighted by molar-refractivity contribution is 5.90. The van der Waals surface area contributed by atoms with Crippen LogP contribution in [0.4, 0.5) is 0 Å². The Hall–Kier alpha value is -1.10. The molecule has 1 saturated heterocycles. The molecule has 0 saturated carbocycles. The van der Waals surface area contributed by atoms with Crippen molar-refractivity contribution >= 4 is 11.8 Å². The summed E-state index contributed by atoms with van der Waals surface area (Å²) in [5.74, 6) is 0.368. The lowest BCUT2D eigenvalue weighted by atomic mass is 10.0. The van der Waals surface area contributed by atoms with E-state index in [-0.39, 0.29) is 17.9 Å². The highest BCUT2D eigenvalue weighted by Crippen LogP contribution is 2.16. The second-order valence-corrected chi connectivity index (χ2v) is 6.30. The van der Waals surface area contributed by atoms with Crippen LogP contribution < -0.4 is 5.32 Å². The summed E-state index contributed by atoms with van der Waals surface area (Å²) >= 11 is 0. The third-order valence-electron chi connectivity index (χ3n) is 3.76. The van der Waals surface area contributed by atoms with E-state index in [1.54, 1.807) is 4.90 Å². The van der Waals surface area contributed by atoms with E-state index in [2.05, 4.69) is 26.1 Å². The fraction of sp³-hybridized carbons (Fsp3) is 0.875. The molecule has 0 aromatic heterocycles. The number of carbonyl (C=O) groups excluding carboxylic acids is 2. The molecule has 5 heteroatoms. The molecule has 0 radical (unpaired) electrons. The van der Waals surface area contributed by atoms with Gasteiger partial charge < -0.3 is 15.0 Å². The minimum Gasteiger partial charge on any atom is -0.380 e. The number of nitrogens with one attached hydrogen (secondary N) is 1. The van der Waals surface area contributed by atoms with E-state index in [4.69, 9.17) is 4.74 Å². The van der Waals surface area contributed by atoms with Crippen molar-refractivity contribution in [2.75, 3.05) is 19.8 Å². The lowest BCUT2D eigenvalue weighted by molar-refractivity contribution is -0.136. The minimum atomic E-state index is -0.391. The predicted molar refractivity (Wildman–Crippen MR) is 82.9 cm³/mol. The van der Waals surface area contributed by atoms with Gasteiger partial charge in [-0.15, -0.1) is 0 Å². The van der Waals surface area contributed by atoms with Gasteiger partial charge in [-0.3, -0.25) is 9.59 Å². The molecular weight excluding hydrogens is 268 g/mol. The highest BCUT2D eigenvalue weighted by Gasteiger charge is 2.33. The Bertz CT molecular complexity index is 344. The molecule has 21 heavy (non-hydrogen) atoms. The van der Waals surface area contributed by atoms with Crippen LogP contribution in [0, 0.1) is 5.92 Å². The molecule has 1 heterocycles. The summed E-state index contributed by atoms with van der Waals surface area (Å²) in [4.78, 5) is 26.3. The van der Waals surface area contributed by atoms with Crippen molar-refractivity contribution in [3.8, 4) is 0 Å². The molecule has 0 spiro atoms. The van der Waals surface area contributed by atoms with E-state index in [0.717, 1.165) is 19.4 Å². The Kier molecular flexibility index (Phi) is 7.72. The normalized spacial score (nSPS) is 23.4. The molecule has 2 amide bonds. The summed E-state index contributed by atoms with van der Waals surface area (Å²) in [5, 5.41) is 2.86. The first-order chi connectivity index (χ1) is 9.95. The van der Waals surface area contributed by atoms with Crippen LogP contribution in [0.5, 0.6) is 0 Å². The number of unbranched alkanes of at least 4 members (excludes halogenated alkanes) is 1. The molecule has 1 N–H and O–H groups in total. The zero-order valence-corrected chi connectivity index (χ0v) is 13.9. The SMILES string of the molecule is CCCCOCCN1C(=O)C(CC(C)C)NC(=O)CC1C. The van der Waals surface area contributed by atoms with Gasteiger partial charge in [-0.25, -0.2) is 0 Å². The van der Waals surface area contributed by atoms with Gasteiger partial charge >= 0.3 is 0 Å². The maximum atomic E-state index is 12.6. The van der Waals surface area contributed by atoms with E-state index in [1.165, 1.54) is 0 Å². The summed E-state index contributed by atoms with van der Waals surface area (Å²) in [6, 6.07) is -0.456. The molecule has 122 valence electrons. The van der Waals surface area contributed by atoms with E-state index in [1.807, 2.05) is 6.92 Å². The minimum absolute atomic E-state index is 0.0288. The van der Waals surface area contributed by atoms with E-state index < -0.39 is 6.04 Å². The van der Waals surface area contributed by atoms with Crippen LogP contribution in [0.3, 0.4) is 0 Å². The van der Waals surface area contributed by atoms with Crippen LogP contribution in [0.1, 0.15) is 53.4 Å². The maximum Gasteiger partial charge on any atom is 0.245 e. The number of ether oxygens (including phenoxy) is 1. The van der Waals surface area contributed by atoms with Gasteiger partial charge in [0.2, 0.25) is 11.8 Å². The van der Waals surface area contributed by atoms with Crippen LogP contribution in [-0.2, 0) is 14.3 Å². The fourth-order valence-electron chi connectivity index (χ4n) is 2.58. The van der Waals surface area contributed by atoms with Crippen LogP contribution >= 0.6 is 0 Å². The number of carbonyl (C=O) groups is 2. The second-order valence-electron chi connectivity index (χ2n) is 6.30. The third kappa shape index (κ3) is 6.04. The Morgan fingerprint density at radius 2 is 2.05 bits per heavy atom. The van der Waals surface area contributed by atoms with Gasteiger partial charge in [0, 0.05) is 25.6 Å². The second kappa shape index (κ2) is 9.03. The van der Waals surface area contributed by atoms with Gasteiger partial charge in [0.1, 0.15) is 6.04 Å². The van der Waals surface area contributed by atoms with Crippen molar-refractivity contribution in [2.45, 2.75) is 65.5 Å². The van der Waals surface area contributed by atoms with Crippen LogP contribution in [-0.4, -0.2) is 48.6 Å². The van der Waals surface area contributed by atoms with Crippen molar-refractivity contribution in [3.05, 3.63) is 0 Å². The Balaban J connectivity index is 2.60. The molecule has 0 bridgehead atoms. The quantitative estimate of drug-likeness (QED) is 0.697. The molecular formula is C16H30N2O3. The molecule has 0 aromatic rings. The van der Waals surface area contributed by atoms with Gasteiger partial charge in [0.25, 0.3) is 0 Å². The first kappa shape index (κ1) is 18.0. The lowest BCUT2D eigenvalue weighted by Gasteiger charge is -2.29. The molecule has 0 aromatic carbocycles. The third-order valence-corrected chi connectivity index (χ3v) is 3.76. The first-order valence-electron chi connectivity index (χ1n) is 8.13. The fourth-order valence-corrected chi connectivity index (χ4v) is 2.58. The summed E-state index contributed by atoms with van der Waals surface area (Å²) < 4.78 is 5.56. The maximum absolute atomic E-state index is 12.6. The largest absolute Gasteiger partial charge is 0.380 e. The molecule has 0 aliphatic carbocycles. The van der Waals surface area contributed by atoms with Crippen molar-refractivity contribution in [2.24, 2.45) is 5.92 Å². The topological polar surface area (TPSA) is 58.6 Å². The van der Waals surface area contributed by atoms with Gasteiger partial charge in [0.15, 0.2) is 0 Å². The standard InChI is InChI=1S/C16H30N2O3/c1-5-6-8-21-9-7-18-13(4)11-15(19)17-14(16(18)20)10-12(2)3/h12-14H,5-11H2,1-4H3,(H,17,19). The highest BCUT2D eigenvalue weighted by atomic mass is 16.5. The van der Waals surface area contributed by atoms with E-state index in [9.17, 15) is 9.59 Å². The lowest BCUT2D eigenvalue weighted by Crippen LogP contribution is -2.48. The molecule has 2 atom stereocenters. The predicted octanol–water partition coefficient (Wildman–Crippen LogP) is 1.95. The zero-order chi connectivity index (χ0) is 15.8. The number of rotatable bonds is 8. The Labute approximate surface area is 128 Å². The Morgan fingerprint density at radius 1 is 1.33 bits per heavy atom. The van der Waals surface area contributed by atoms with Crippen molar-refractivity contribution in [3.63, 3.8) is 0 Å². The smallest absolute Gasteiger partial charge is 0.245 e. The first-order valence-corrected chi connectivity index (χ1v) is 8.13. The van der Waals surface area contributed by atoms with Crippen LogP contribution in [0.25, 0.3) is 0 Å². The molecule has 5 nitrogen and oxygen atoms in total. The molecule has 1 rings (SSSR count). The summed E-state index contributed by atoms with van der Waals surface area (Å²) in [5.41, 5.74) is 0. The van der Waals surface area contributed by atoms with Crippen molar-refractivity contribution < 1.29 is 14.3 Å². The van der Waals surface area contributed by atoms with Gasteiger partial charge in [-0.1, -0.05) is 27.2 Å². The molecule has 1 aliphatic heterocycles. The van der Waals surface area contributed by atoms with Gasteiger partial charge in [-0.2, -0.15) is 0 Å². The summed E-state index contributed by atoms with van der Waals surface area (Å²) in [6.07, 6.45) is 3.20. The monoisotopic (exact) mass is 298 g/mol. The number of hydrogen-bond acceptors (Lipinski definition) is 3. The molecule has 1 fully saturated rings. The zero-order valence-electron chi connectivity index (χ0n) is 13.9. The van der Waals surface area contributed by atoms with Crippen molar-refractivity contribution in [1.29, 1.82) is 0 Å². The summed E-state index contributed by atoms with van der Waals surface area (Å²) in [6.45, 7) is 10.0. The molecule has 2 unspecified atom stereocenters. The molecule has 1 aliphatic rings. The van der Waals surface area contributed by atoms with Gasteiger partial charge in [0.05, 0.1) is 6.61 Å². The Morgan fingerprint density at radius 3 is 2.67 bits per heavy atom.